The van der Waals surface area contributed by atoms with Crippen LogP contribution in [0.4, 0.5) is 5.69 Å². The molecule has 21 heavy (non-hydrogen) atoms. The molecule has 0 amide bonds. The molecule has 108 valence electrons. The molecule has 1 unspecified atom stereocenters. The minimum Gasteiger partial charge on any atom is -0.356 e. The van der Waals surface area contributed by atoms with Gasteiger partial charge in [-0.05, 0) is 24.5 Å². The van der Waals surface area contributed by atoms with Crippen LogP contribution in [0.1, 0.15) is 0 Å². The lowest BCUT2D eigenvalue weighted by atomic mass is 10.1. The van der Waals surface area contributed by atoms with Crippen molar-refractivity contribution in [1.82, 2.24) is 5.32 Å². The average Bonchev–Trinajstić information content (AvgIpc) is 2.48. The van der Waals surface area contributed by atoms with Crippen molar-refractivity contribution in [2.24, 2.45) is 0 Å². The highest BCUT2D eigenvalue weighted by atomic mass is 35.5. The molecule has 2 aromatic carbocycles. The molecule has 0 aromatic heterocycles. The molecule has 0 aliphatic rings. The summed E-state index contributed by atoms with van der Waals surface area (Å²) >= 11 is 14.0. The first kappa shape index (κ1) is 15.8. The number of nitrogens with one attached hydrogen (secondary N) is 2. The van der Waals surface area contributed by atoms with Gasteiger partial charge in [-0.25, -0.2) is 0 Å². The summed E-state index contributed by atoms with van der Waals surface area (Å²) < 4.78 is 0. The molecule has 0 fully saturated rings. The molecular weight excluding hydrogens is 325 g/mol. The molecule has 2 N–H and O–H groups in total. The van der Waals surface area contributed by atoms with Crippen molar-refractivity contribution < 1.29 is 0 Å². The molecule has 0 spiro atoms. The third-order valence-electron chi connectivity index (χ3n) is 2.86. The lowest BCUT2D eigenvalue weighted by Gasteiger charge is -2.17. The highest BCUT2D eigenvalue weighted by Gasteiger charge is 2.10. The Balaban J connectivity index is 2.26. The first-order valence-electron chi connectivity index (χ1n) is 6.14. The van der Waals surface area contributed by atoms with Gasteiger partial charge in [0.1, 0.15) is 0 Å². The van der Waals surface area contributed by atoms with Crippen LogP contribution in [0.5, 0.6) is 0 Å². The SMILES string of the molecule is CSC(NC#N)Nc1ccc(-c2ccccc2Cl)c(Cl)c1. The number of rotatable bonds is 5. The number of benzene rings is 2. The summed E-state index contributed by atoms with van der Waals surface area (Å²) in [5.41, 5.74) is 2.41. The second-order valence-electron chi connectivity index (χ2n) is 4.19. The Kier molecular flexibility index (Phi) is 5.63. The van der Waals surface area contributed by atoms with Gasteiger partial charge in [0.2, 0.25) is 0 Å². The highest BCUT2D eigenvalue weighted by molar-refractivity contribution is 7.99. The zero-order chi connectivity index (χ0) is 15.2. The number of anilines is 1. The summed E-state index contributed by atoms with van der Waals surface area (Å²) in [5, 5.41) is 15.8. The predicted octanol–water partition coefficient (Wildman–Crippen LogP) is 4.79. The Labute approximate surface area is 138 Å². The minimum absolute atomic E-state index is 0.197. The molecule has 6 heteroatoms. The quantitative estimate of drug-likeness (QED) is 0.467. The van der Waals surface area contributed by atoms with Gasteiger partial charge < -0.3 is 5.32 Å². The minimum atomic E-state index is -0.197. The fourth-order valence-electron chi connectivity index (χ4n) is 1.87. The molecule has 0 bridgehead atoms. The van der Waals surface area contributed by atoms with Gasteiger partial charge in [0, 0.05) is 21.8 Å². The van der Waals surface area contributed by atoms with Crippen molar-refractivity contribution in [2.45, 2.75) is 5.50 Å². The third kappa shape index (κ3) is 3.98. The largest absolute Gasteiger partial charge is 0.356 e. The fourth-order valence-corrected chi connectivity index (χ4v) is 2.81. The monoisotopic (exact) mass is 337 g/mol. The first-order valence-corrected chi connectivity index (χ1v) is 8.18. The smallest absolute Gasteiger partial charge is 0.178 e. The lowest BCUT2D eigenvalue weighted by Crippen LogP contribution is -2.29. The molecular formula is C15H13Cl2N3S. The van der Waals surface area contributed by atoms with Crippen molar-refractivity contribution >= 4 is 40.7 Å². The molecule has 0 radical (unpaired) electrons. The Morgan fingerprint density at radius 2 is 1.81 bits per heavy atom. The fraction of sp³-hybridized carbons (Fsp3) is 0.133. The average molecular weight is 338 g/mol. The van der Waals surface area contributed by atoms with Gasteiger partial charge in [-0.3, -0.25) is 5.32 Å². The van der Waals surface area contributed by atoms with Crippen molar-refractivity contribution in [1.29, 1.82) is 5.26 Å². The summed E-state index contributed by atoms with van der Waals surface area (Å²) in [4.78, 5) is 0. The molecule has 0 heterocycles. The zero-order valence-electron chi connectivity index (χ0n) is 11.2. The normalized spacial score (nSPS) is 11.5. The van der Waals surface area contributed by atoms with Crippen LogP contribution in [-0.2, 0) is 0 Å². The maximum atomic E-state index is 8.67. The van der Waals surface area contributed by atoms with Crippen LogP contribution >= 0.6 is 35.0 Å². The molecule has 0 aliphatic carbocycles. The van der Waals surface area contributed by atoms with Gasteiger partial charge in [-0.1, -0.05) is 47.5 Å². The Morgan fingerprint density at radius 1 is 1.10 bits per heavy atom. The van der Waals surface area contributed by atoms with Gasteiger partial charge in [0.25, 0.3) is 0 Å². The van der Waals surface area contributed by atoms with E-state index in [1.807, 2.05) is 54.9 Å². The van der Waals surface area contributed by atoms with Gasteiger partial charge >= 0.3 is 0 Å². The molecule has 2 aromatic rings. The lowest BCUT2D eigenvalue weighted by molar-refractivity contribution is 0.885. The van der Waals surface area contributed by atoms with Crippen LogP contribution in [0.2, 0.25) is 10.0 Å². The Bertz CT molecular complexity index is 670. The van der Waals surface area contributed by atoms with E-state index in [-0.39, 0.29) is 5.50 Å². The van der Waals surface area contributed by atoms with Gasteiger partial charge in [-0.2, -0.15) is 5.26 Å². The Morgan fingerprint density at radius 3 is 2.43 bits per heavy atom. The van der Waals surface area contributed by atoms with Gasteiger partial charge in [0.05, 0.1) is 5.02 Å². The molecule has 3 nitrogen and oxygen atoms in total. The van der Waals surface area contributed by atoms with Crippen LogP contribution in [0.25, 0.3) is 11.1 Å². The molecule has 1 atom stereocenters. The van der Waals surface area contributed by atoms with Crippen LogP contribution in [0.15, 0.2) is 42.5 Å². The molecule has 0 aliphatic heterocycles. The summed E-state index contributed by atoms with van der Waals surface area (Å²) in [7, 11) is 0. The number of thioether (sulfide) groups is 1. The van der Waals surface area contributed by atoms with Gasteiger partial charge in [0.15, 0.2) is 11.7 Å². The summed E-state index contributed by atoms with van der Waals surface area (Å²) in [6.45, 7) is 0. The summed E-state index contributed by atoms with van der Waals surface area (Å²) in [5.74, 6) is 0. The predicted molar refractivity (Wildman–Crippen MR) is 91.6 cm³/mol. The topological polar surface area (TPSA) is 47.9 Å². The van der Waals surface area contributed by atoms with E-state index in [4.69, 9.17) is 28.5 Å². The van der Waals surface area contributed by atoms with E-state index in [9.17, 15) is 0 Å². The molecule has 2 rings (SSSR count). The second-order valence-corrected chi connectivity index (χ2v) is 5.95. The second kappa shape index (κ2) is 7.46. The van der Waals surface area contributed by atoms with Crippen LogP contribution < -0.4 is 10.6 Å². The number of hydrogen-bond acceptors (Lipinski definition) is 4. The zero-order valence-corrected chi connectivity index (χ0v) is 13.6. The van der Waals surface area contributed by atoms with E-state index in [1.54, 1.807) is 0 Å². The van der Waals surface area contributed by atoms with E-state index < -0.39 is 0 Å². The highest BCUT2D eigenvalue weighted by Crippen LogP contribution is 2.34. The van der Waals surface area contributed by atoms with Crippen molar-refractivity contribution in [3.63, 3.8) is 0 Å². The summed E-state index contributed by atoms with van der Waals surface area (Å²) in [6, 6.07) is 13.2. The summed E-state index contributed by atoms with van der Waals surface area (Å²) in [6.07, 6.45) is 3.82. The number of hydrogen-bond donors (Lipinski definition) is 2. The standard InChI is InChI=1S/C15H13Cl2N3S/c1-21-15(19-9-18)20-10-6-7-12(14(17)8-10)11-4-2-3-5-13(11)16/h2-8,15,19-20H,1H3. The van der Waals surface area contributed by atoms with E-state index in [2.05, 4.69) is 10.6 Å². The van der Waals surface area contributed by atoms with E-state index in [0.717, 1.165) is 16.8 Å². The number of nitriles is 1. The van der Waals surface area contributed by atoms with Crippen LogP contribution in [-0.4, -0.2) is 11.8 Å². The van der Waals surface area contributed by atoms with Crippen LogP contribution in [0.3, 0.4) is 0 Å². The maximum Gasteiger partial charge on any atom is 0.178 e. The molecule has 0 saturated heterocycles. The third-order valence-corrected chi connectivity index (χ3v) is 4.21. The first-order chi connectivity index (χ1) is 10.2. The van der Waals surface area contributed by atoms with Gasteiger partial charge in [-0.15, -0.1) is 11.8 Å². The number of halogens is 2. The maximum absolute atomic E-state index is 8.67. The van der Waals surface area contributed by atoms with E-state index in [0.29, 0.717) is 10.0 Å². The Hall–Kier alpha value is -1.54. The van der Waals surface area contributed by atoms with Crippen molar-refractivity contribution in [3.05, 3.63) is 52.5 Å². The van der Waals surface area contributed by atoms with Crippen molar-refractivity contribution in [2.75, 3.05) is 11.6 Å². The molecule has 0 saturated carbocycles. The van der Waals surface area contributed by atoms with E-state index >= 15 is 0 Å². The number of nitrogens with zero attached hydrogens (tertiary/aromatic N) is 1. The van der Waals surface area contributed by atoms with E-state index in [1.165, 1.54) is 11.8 Å². The van der Waals surface area contributed by atoms with Crippen molar-refractivity contribution in [3.8, 4) is 17.3 Å². The van der Waals surface area contributed by atoms with Crippen LogP contribution in [0, 0.1) is 11.5 Å².